The van der Waals surface area contributed by atoms with Gasteiger partial charge in [-0.15, -0.1) is 0 Å². The van der Waals surface area contributed by atoms with Crippen molar-refractivity contribution in [2.24, 2.45) is 11.8 Å². The maximum atomic E-state index is 13.1. The summed E-state index contributed by atoms with van der Waals surface area (Å²) in [6.07, 6.45) is 4.25. The van der Waals surface area contributed by atoms with Crippen LogP contribution in [0, 0.1) is 17.7 Å². The highest BCUT2D eigenvalue weighted by atomic mass is 19.1. The lowest BCUT2D eigenvalue weighted by Gasteiger charge is -2.39. The van der Waals surface area contributed by atoms with Crippen LogP contribution in [-0.4, -0.2) is 36.5 Å². The number of rotatable bonds is 5. The van der Waals surface area contributed by atoms with E-state index in [1.54, 1.807) is 11.8 Å². The predicted molar refractivity (Wildman–Crippen MR) is 90.0 cm³/mol. The van der Waals surface area contributed by atoms with E-state index in [0.29, 0.717) is 18.0 Å². The minimum atomic E-state index is -0.395. The van der Waals surface area contributed by atoms with Crippen molar-refractivity contribution in [1.82, 2.24) is 4.90 Å². The van der Waals surface area contributed by atoms with Crippen molar-refractivity contribution >= 4 is 11.9 Å². The fourth-order valence-electron chi connectivity index (χ4n) is 3.46. The first-order chi connectivity index (χ1) is 11.4. The highest BCUT2D eigenvalue weighted by molar-refractivity contribution is 5.94. The lowest BCUT2D eigenvalue weighted by atomic mass is 9.84. The fraction of sp³-hybridized carbons (Fsp3) is 0.579. The van der Waals surface area contributed by atoms with Crippen LogP contribution in [0.15, 0.2) is 24.3 Å². The van der Waals surface area contributed by atoms with Crippen LogP contribution in [0.2, 0.25) is 0 Å². The van der Waals surface area contributed by atoms with Gasteiger partial charge < -0.3 is 9.64 Å². The first kappa shape index (κ1) is 18.4. The van der Waals surface area contributed by atoms with Crippen LogP contribution in [0.3, 0.4) is 0 Å². The number of hydrogen-bond acceptors (Lipinski definition) is 3. The third kappa shape index (κ3) is 4.34. The molecule has 24 heavy (non-hydrogen) atoms. The average molecular weight is 335 g/mol. The van der Waals surface area contributed by atoms with Crippen molar-refractivity contribution in [2.45, 2.75) is 45.6 Å². The van der Waals surface area contributed by atoms with E-state index >= 15 is 0 Å². The molecule has 1 fully saturated rings. The van der Waals surface area contributed by atoms with Gasteiger partial charge in [0.15, 0.2) is 0 Å². The van der Waals surface area contributed by atoms with Crippen LogP contribution >= 0.6 is 0 Å². The molecule has 0 saturated heterocycles. The highest BCUT2D eigenvalue weighted by Gasteiger charge is 2.33. The average Bonchev–Trinajstić information content (AvgIpc) is 2.59. The van der Waals surface area contributed by atoms with E-state index in [2.05, 4.69) is 6.92 Å². The number of carbonyl (C=O) groups excluding carboxylic acids is 2. The van der Waals surface area contributed by atoms with Crippen LogP contribution in [0.1, 0.15) is 49.9 Å². The summed E-state index contributed by atoms with van der Waals surface area (Å²) >= 11 is 0. The number of halogens is 1. The Hall–Kier alpha value is -1.91. The Balaban J connectivity index is 2.25. The second kappa shape index (κ2) is 8.27. The first-order valence-electron chi connectivity index (χ1n) is 8.58. The van der Waals surface area contributed by atoms with Gasteiger partial charge in [-0.3, -0.25) is 9.59 Å². The van der Waals surface area contributed by atoms with Gasteiger partial charge in [-0.2, -0.15) is 0 Å². The minimum absolute atomic E-state index is 0.100. The Kier molecular flexibility index (Phi) is 6.35. The Bertz CT molecular complexity index is 572. The van der Waals surface area contributed by atoms with E-state index in [1.165, 1.54) is 37.8 Å². The molecule has 1 amide bonds. The Morgan fingerprint density at radius 3 is 2.46 bits per heavy atom. The summed E-state index contributed by atoms with van der Waals surface area (Å²) in [5, 5.41) is 0. The molecule has 3 unspecified atom stereocenters. The Labute approximate surface area is 143 Å². The van der Waals surface area contributed by atoms with Gasteiger partial charge >= 0.3 is 5.97 Å². The molecular weight excluding hydrogens is 309 g/mol. The van der Waals surface area contributed by atoms with E-state index in [-0.39, 0.29) is 23.7 Å². The molecule has 1 aromatic carbocycles. The van der Waals surface area contributed by atoms with Crippen LogP contribution in [-0.2, 0) is 9.53 Å². The zero-order valence-electron chi connectivity index (χ0n) is 14.6. The summed E-state index contributed by atoms with van der Waals surface area (Å²) in [6, 6.07) is 5.68. The minimum Gasteiger partial charge on any atom is -0.469 e. The summed E-state index contributed by atoms with van der Waals surface area (Å²) in [7, 11) is 1.36. The largest absolute Gasteiger partial charge is 0.469 e. The molecule has 0 N–H and O–H groups in total. The molecule has 0 radical (unpaired) electrons. The summed E-state index contributed by atoms with van der Waals surface area (Å²) in [6.45, 7) is 4.24. The van der Waals surface area contributed by atoms with Gasteiger partial charge in [-0.1, -0.05) is 26.7 Å². The Morgan fingerprint density at radius 2 is 1.88 bits per heavy atom. The van der Waals surface area contributed by atoms with Crippen molar-refractivity contribution in [3.8, 4) is 0 Å². The molecule has 1 aromatic rings. The highest BCUT2D eigenvalue weighted by Crippen LogP contribution is 2.30. The lowest BCUT2D eigenvalue weighted by molar-refractivity contribution is -0.145. The molecular formula is C19H26FNO3. The fourth-order valence-corrected chi connectivity index (χ4v) is 3.46. The van der Waals surface area contributed by atoms with Gasteiger partial charge in [0.1, 0.15) is 5.82 Å². The number of benzene rings is 1. The van der Waals surface area contributed by atoms with Gasteiger partial charge in [-0.25, -0.2) is 4.39 Å². The van der Waals surface area contributed by atoms with Crippen molar-refractivity contribution < 1.29 is 18.7 Å². The van der Waals surface area contributed by atoms with E-state index in [0.717, 1.165) is 19.3 Å². The molecule has 4 nitrogen and oxygen atoms in total. The third-order valence-electron chi connectivity index (χ3n) is 4.89. The normalized spacial score (nSPS) is 21.8. The maximum absolute atomic E-state index is 13.1. The number of ether oxygens (including phenoxy) is 1. The molecule has 0 heterocycles. The number of esters is 1. The van der Waals surface area contributed by atoms with Crippen molar-refractivity contribution in [2.75, 3.05) is 13.7 Å². The van der Waals surface area contributed by atoms with E-state index in [4.69, 9.17) is 4.74 Å². The second-order valence-electron chi connectivity index (χ2n) is 6.72. The molecule has 1 aliphatic carbocycles. The van der Waals surface area contributed by atoms with Gasteiger partial charge in [0.2, 0.25) is 0 Å². The predicted octanol–water partition coefficient (Wildman–Crippen LogP) is 3.66. The van der Waals surface area contributed by atoms with Gasteiger partial charge in [-0.05, 0) is 43.0 Å². The molecule has 0 aliphatic heterocycles. The molecule has 0 aromatic heterocycles. The molecule has 2 rings (SSSR count). The molecule has 0 bridgehead atoms. The number of hydrogen-bond donors (Lipinski definition) is 0. The standard InChI is InChI=1S/C19H26FNO3/c1-13-6-4-5-7-17(13)21(12-14(2)19(23)24-3)18(22)15-8-10-16(20)11-9-15/h8-11,13-14,17H,4-7,12H2,1-3H3. The molecule has 1 aliphatic rings. The van der Waals surface area contributed by atoms with Gasteiger partial charge in [0.25, 0.3) is 5.91 Å². The van der Waals surface area contributed by atoms with Crippen LogP contribution in [0.4, 0.5) is 4.39 Å². The van der Waals surface area contributed by atoms with Crippen LogP contribution in [0.5, 0.6) is 0 Å². The van der Waals surface area contributed by atoms with E-state index in [9.17, 15) is 14.0 Å². The van der Waals surface area contributed by atoms with Gasteiger partial charge in [0.05, 0.1) is 13.0 Å². The summed E-state index contributed by atoms with van der Waals surface area (Å²) in [5.74, 6) is -0.853. The zero-order valence-corrected chi connectivity index (χ0v) is 14.6. The monoisotopic (exact) mass is 335 g/mol. The first-order valence-corrected chi connectivity index (χ1v) is 8.58. The molecule has 1 saturated carbocycles. The second-order valence-corrected chi connectivity index (χ2v) is 6.72. The summed E-state index contributed by atoms with van der Waals surface area (Å²) in [5.41, 5.74) is 0.450. The molecule has 132 valence electrons. The quantitative estimate of drug-likeness (QED) is 0.772. The van der Waals surface area contributed by atoms with Gasteiger partial charge in [0, 0.05) is 18.2 Å². The number of amides is 1. The van der Waals surface area contributed by atoms with E-state index < -0.39 is 5.92 Å². The zero-order chi connectivity index (χ0) is 17.7. The van der Waals surface area contributed by atoms with Crippen molar-refractivity contribution in [3.63, 3.8) is 0 Å². The summed E-state index contributed by atoms with van der Waals surface area (Å²) < 4.78 is 17.9. The Morgan fingerprint density at radius 1 is 1.25 bits per heavy atom. The van der Waals surface area contributed by atoms with Crippen molar-refractivity contribution in [1.29, 1.82) is 0 Å². The van der Waals surface area contributed by atoms with Crippen molar-refractivity contribution in [3.05, 3.63) is 35.6 Å². The SMILES string of the molecule is COC(=O)C(C)CN(C(=O)c1ccc(F)cc1)C1CCCCC1C. The van der Waals surface area contributed by atoms with Crippen LogP contribution < -0.4 is 0 Å². The number of methoxy groups -OCH3 is 1. The molecule has 0 spiro atoms. The smallest absolute Gasteiger partial charge is 0.310 e. The van der Waals surface area contributed by atoms with E-state index in [1.807, 2.05) is 0 Å². The summed E-state index contributed by atoms with van der Waals surface area (Å²) in [4.78, 5) is 26.6. The number of nitrogens with zero attached hydrogens (tertiary/aromatic N) is 1. The lowest BCUT2D eigenvalue weighted by Crippen LogP contribution is -2.48. The molecule has 5 heteroatoms. The topological polar surface area (TPSA) is 46.6 Å². The molecule has 3 atom stereocenters. The van der Waals surface area contributed by atoms with Crippen LogP contribution in [0.25, 0.3) is 0 Å². The number of carbonyl (C=O) groups is 2. The maximum Gasteiger partial charge on any atom is 0.310 e. The third-order valence-corrected chi connectivity index (χ3v) is 4.89.